The molecule has 1 aliphatic rings. The molecule has 2 N–H and O–H groups in total. The Hall–Kier alpha value is -0.870. The van der Waals surface area contributed by atoms with E-state index in [9.17, 15) is 4.79 Å². The maximum Gasteiger partial charge on any atom is 0.329 e. The van der Waals surface area contributed by atoms with Crippen LogP contribution >= 0.6 is 0 Å². The minimum absolute atomic E-state index is 0.179. The topological polar surface area (TPSA) is 58.6 Å². The van der Waals surface area contributed by atoms with Crippen molar-refractivity contribution < 1.29 is 14.6 Å². The van der Waals surface area contributed by atoms with Crippen LogP contribution in [0, 0.1) is 5.92 Å². The summed E-state index contributed by atoms with van der Waals surface area (Å²) in [7, 11) is 0. The van der Waals surface area contributed by atoms with Crippen molar-refractivity contribution in [3.05, 3.63) is 11.1 Å². The maximum absolute atomic E-state index is 10.4. The Morgan fingerprint density at radius 1 is 1.59 bits per heavy atom. The van der Waals surface area contributed by atoms with Gasteiger partial charge in [-0.05, 0) is 30.9 Å². The first-order valence-corrected chi connectivity index (χ1v) is 6.31. The van der Waals surface area contributed by atoms with E-state index in [0.717, 1.165) is 19.4 Å². The highest BCUT2D eigenvalue weighted by molar-refractivity contribution is 5.68. The van der Waals surface area contributed by atoms with E-state index in [0.29, 0.717) is 12.5 Å². The van der Waals surface area contributed by atoms with Gasteiger partial charge in [-0.15, -0.1) is 0 Å². The number of carboxylic acids is 1. The van der Waals surface area contributed by atoms with E-state index in [4.69, 9.17) is 9.84 Å². The molecular weight excluding hydrogens is 218 g/mol. The molecule has 0 bridgehead atoms. The van der Waals surface area contributed by atoms with Crippen LogP contribution in [0.4, 0.5) is 0 Å². The quantitative estimate of drug-likeness (QED) is 0.696. The summed E-state index contributed by atoms with van der Waals surface area (Å²) in [6.45, 7) is 7.73. The van der Waals surface area contributed by atoms with Gasteiger partial charge in [0.25, 0.3) is 0 Å². The van der Waals surface area contributed by atoms with E-state index in [1.165, 1.54) is 11.1 Å². The number of aliphatic carboxylic acids is 1. The summed E-state index contributed by atoms with van der Waals surface area (Å²) < 4.78 is 5.21. The molecule has 0 saturated heterocycles. The van der Waals surface area contributed by atoms with E-state index in [2.05, 4.69) is 26.1 Å². The van der Waals surface area contributed by atoms with Crippen molar-refractivity contribution in [1.29, 1.82) is 0 Å². The van der Waals surface area contributed by atoms with Crippen LogP contribution < -0.4 is 5.32 Å². The van der Waals surface area contributed by atoms with Gasteiger partial charge in [-0.2, -0.15) is 0 Å². The molecule has 1 atom stereocenters. The summed E-state index contributed by atoms with van der Waals surface area (Å²) in [4.78, 5) is 10.4. The Bertz CT molecular complexity index is 297. The van der Waals surface area contributed by atoms with Crippen LogP contribution in [0.2, 0.25) is 0 Å². The summed E-state index contributed by atoms with van der Waals surface area (Å²) in [5, 5.41) is 12.0. The smallest absolute Gasteiger partial charge is 0.329 e. The van der Waals surface area contributed by atoms with E-state index < -0.39 is 5.97 Å². The van der Waals surface area contributed by atoms with Crippen LogP contribution in [-0.4, -0.2) is 36.9 Å². The summed E-state index contributed by atoms with van der Waals surface area (Å²) in [6, 6.07) is 0.179. The van der Waals surface area contributed by atoms with Crippen LogP contribution in [0.25, 0.3) is 0 Å². The second-order valence-electron chi connectivity index (χ2n) is 4.73. The van der Waals surface area contributed by atoms with Crippen LogP contribution in [0.1, 0.15) is 33.6 Å². The lowest BCUT2D eigenvalue weighted by atomic mass is 9.86. The molecular formula is C13H23NO3. The average Bonchev–Trinajstić information content (AvgIpc) is 2.27. The summed E-state index contributed by atoms with van der Waals surface area (Å²) in [6.07, 6.45) is 2.17. The van der Waals surface area contributed by atoms with Gasteiger partial charge in [0, 0.05) is 0 Å². The van der Waals surface area contributed by atoms with Crippen molar-refractivity contribution in [2.24, 2.45) is 5.92 Å². The summed E-state index contributed by atoms with van der Waals surface area (Å²) >= 11 is 0. The number of carbonyl (C=O) groups is 1. The molecule has 1 aliphatic heterocycles. The van der Waals surface area contributed by atoms with E-state index in [1.54, 1.807) is 0 Å². The van der Waals surface area contributed by atoms with Gasteiger partial charge in [-0.25, -0.2) is 4.79 Å². The molecule has 0 aromatic heterocycles. The standard InChI is InChI=1S/C13H23NO3/c1-4-10-5-6-14-11(13(10)9(2)3)7-17-8-12(15)16/h9,11,14H,4-8H2,1-3H3,(H,15,16). The lowest BCUT2D eigenvalue weighted by Crippen LogP contribution is -2.42. The second-order valence-corrected chi connectivity index (χ2v) is 4.73. The Kier molecular flexibility index (Phi) is 5.65. The van der Waals surface area contributed by atoms with Crippen molar-refractivity contribution in [3.8, 4) is 0 Å². The molecule has 0 spiro atoms. The van der Waals surface area contributed by atoms with Crippen molar-refractivity contribution in [2.45, 2.75) is 39.7 Å². The normalized spacial score (nSPS) is 21.1. The van der Waals surface area contributed by atoms with Crippen LogP contribution in [0.3, 0.4) is 0 Å². The second kappa shape index (κ2) is 6.77. The molecule has 0 aromatic rings. The maximum atomic E-state index is 10.4. The highest BCUT2D eigenvalue weighted by atomic mass is 16.5. The van der Waals surface area contributed by atoms with Gasteiger partial charge in [-0.1, -0.05) is 26.3 Å². The number of rotatable bonds is 6. The predicted molar refractivity (Wildman–Crippen MR) is 67.0 cm³/mol. The zero-order chi connectivity index (χ0) is 12.8. The van der Waals surface area contributed by atoms with Gasteiger partial charge in [0.1, 0.15) is 6.61 Å². The van der Waals surface area contributed by atoms with E-state index in [-0.39, 0.29) is 12.6 Å². The first-order chi connectivity index (χ1) is 8.06. The van der Waals surface area contributed by atoms with Gasteiger partial charge in [-0.3, -0.25) is 0 Å². The molecule has 1 unspecified atom stereocenters. The molecule has 1 heterocycles. The van der Waals surface area contributed by atoms with Crippen LogP contribution in [0.5, 0.6) is 0 Å². The summed E-state index contributed by atoms with van der Waals surface area (Å²) in [5.41, 5.74) is 2.91. The van der Waals surface area contributed by atoms with Gasteiger partial charge in [0.15, 0.2) is 0 Å². The van der Waals surface area contributed by atoms with Crippen LogP contribution in [-0.2, 0) is 9.53 Å². The fraction of sp³-hybridized carbons (Fsp3) is 0.769. The number of hydrogen-bond donors (Lipinski definition) is 2. The van der Waals surface area contributed by atoms with Crippen LogP contribution in [0.15, 0.2) is 11.1 Å². The van der Waals surface area contributed by atoms with Crippen molar-refractivity contribution in [2.75, 3.05) is 19.8 Å². The first kappa shape index (κ1) is 14.2. The Balaban J connectivity index is 2.65. The number of ether oxygens (including phenoxy) is 1. The Morgan fingerprint density at radius 2 is 2.29 bits per heavy atom. The zero-order valence-corrected chi connectivity index (χ0v) is 11.0. The van der Waals surface area contributed by atoms with Crippen molar-refractivity contribution >= 4 is 5.97 Å². The third-order valence-electron chi connectivity index (χ3n) is 3.16. The lowest BCUT2D eigenvalue weighted by Gasteiger charge is -2.32. The molecule has 17 heavy (non-hydrogen) atoms. The molecule has 0 saturated carbocycles. The minimum atomic E-state index is -0.911. The molecule has 0 aliphatic carbocycles. The highest BCUT2D eigenvalue weighted by Crippen LogP contribution is 2.26. The first-order valence-electron chi connectivity index (χ1n) is 6.31. The van der Waals surface area contributed by atoms with Gasteiger partial charge >= 0.3 is 5.97 Å². The molecule has 1 rings (SSSR count). The molecule has 98 valence electrons. The SMILES string of the molecule is CCC1=C(C(C)C)C(COCC(=O)O)NCC1. The minimum Gasteiger partial charge on any atom is -0.480 e. The van der Waals surface area contributed by atoms with Gasteiger partial charge < -0.3 is 15.2 Å². The van der Waals surface area contributed by atoms with Gasteiger partial charge in [0.05, 0.1) is 12.6 Å². The largest absolute Gasteiger partial charge is 0.480 e. The van der Waals surface area contributed by atoms with Crippen molar-refractivity contribution in [3.63, 3.8) is 0 Å². The molecule has 4 nitrogen and oxygen atoms in total. The molecule has 0 radical (unpaired) electrons. The monoisotopic (exact) mass is 241 g/mol. The fourth-order valence-electron chi connectivity index (χ4n) is 2.50. The molecule has 4 heteroatoms. The third-order valence-corrected chi connectivity index (χ3v) is 3.16. The Labute approximate surface area is 103 Å². The number of hydrogen-bond acceptors (Lipinski definition) is 3. The highest BCUT2D eigenvalue weighted by Gasteiger charge is 2.24. The average molecular weight is 241 g/mol. The third kappa shape index (κ3) is 4.13. The Morgan fingerprint density at radius 3 is 2.82 bits per heavy atom. The molecule has 0 aromatic carbocycles. The van der Waals surface area contributed by atoms with E-state index in [1.807, 2.05) is 0 Å². The molecule has 0 amide bonds. The number of carboxylic acid groups (broad SMARTS) is 1. The molecule has 0 fully saturated rings. The number of nitrogens with one attached hydrogen (secondary N) is 1. The zero-order valence-electron chi connectivity index (χ0n) is 11.0. The fourth-order valence-corrected chi connectivity index (χ4v) is 2.50. The van der Waals surface area contributed by atoms with E-state index >= 15 is 0 Å². The van der Waals surface area contributed by atoms with Crippen molar-refractivity contribution in [1.82, 2.24) is 5.32 Å². The van der Waals surface area contributed by atoms with Gasteiger partial charge in [0.2, 0.25) is 0 Å². The predicted octanol–water partition coefficient (Wildman–Crippen LogP) is 1.81. The lowest BCUT2D eigenvalue weighted by molar-refractivity contribution is -0.142. The summed E-state index contributed by atoms with van der Waals surface area (Å²) in [5.74, 6) is -0.428.